The van der Waals surface area contributed by atoms with E-state index in [-0.39, 0.29) is 10.8 Å². The fourth-order valence-corrected chi connectivity index (χ4v) is 34.4. The SMILES string of the molecule is CCCCCC(C[Si](C)(C)CCCS[Si](C)(C)C(C)(C)C)(c1ccc([Si](CC)(CC)CC)cc1)c1cccc(C(CCCCC)(C[Si](C)(CCCS[Si](C)(C)C(C)(C)C)OC)c2ccc([Si](C)(CC)CC)cc2)c1. The number of unbranched alkanes of at least 4 members (excludes halogenated alkanes) is 4. The van der Waals surface area contributed by atoms with Gasteiger partial charge < -0.3 is 4.43 Å². The predicted octanol–water partition coefficient (Wildman–Crippen LogP) is 21.6. The van der Waals surface area contributed by atoms with Crippen LogP contribution in [0.15, 0.2) is 72.8 Å². The molecule has 0 N–H and O–H groups in total. The molecular formula is C65H120OS2Si6. The van der Waals surface area contributed by atoms with E-state index >= 15 is 0 Å². The predicted molar refractivity (Wildman–Crippen MR) is 362 cm³/mol. The summed E-state index contributed by atoms with van der Waals surface area (Å²) in [6.45, 7) is 53.2. The van der Waals surface area contributed by atoms with Crippen molar-refractivity contribution in [3.63, 3.8) is 0 Å². The quantitative estimate of drug-likeness (QED) is 0.0436. The minimum absolute atomic E-state index is 0.0432. The lowest BCUT2D eigenvalue weighted by molar-refractivity contribution is 0.371. The minimum atomic E-state index is -2.24. The summed E-state index contributed by atoms with van der Waals surface area (Å²) in [5.41, 5.74) is 6.12. The van der Waals surface area contributed by atoms with Gasteiger partial charge in [0.25, 0.3) is 0 Å². The van der Waals surface area contributed by atoms with Gasteiger partial charge in [-0.2, -0.15) is 22.4 Å². The maximum absolute atomic E-state index is 7.06. The number of hydrogen-bond donors (Lipinski definition) is 0. The molecule has 0 amide bonds. The zero-order valence-electron chi connectivity index (χ0n) is 53.0. The monoisotopic (exact) mass is 1150 g/mol. The molecule has 3 atom stereocenters. The molecule has 0 fully saturated rings. The molecule has 0 saturated heterocycles. The van der Waals surface area contributed by atoms with Crippen LogP contribution in [0, 0.1) is 0 Å². The van der Waals surface area contributed by atoms with Crippen molar-refractivity contribution < 1.29 is 4.43 Å². The highest BCUT2D eigenvalue weighted by Gasteiger charge is 2.46. The van der Waals surface area contributed by atoms with Crippen LogP contribution in [0.5, 0.6) is 0 Å². The molecule has 0 bridgehead atoms. The van der Waals surface area contributed by atoms with Crippen molar-refractivity contribution in [2.24, 2.45) is 0 Å². The summed E-state index contributed by atoms with van der Waals surface area (Å²) in [4.78, 5) is 0. The zero-order valence-corrected chi connectivity index (χ0v) is 60.6. The lowest BCUT2D eigenvalue weighted by atomic mass is 9.68. The van der Waals surface area contributed by atoms with Crippen molar-refractivity contribution in [1.82, 2.24) is 0 Å². The number of benzene rings is 3. The fraction of sp³-hybridized carbons (Fsp3) is 0.723. The van der Waals surface area contributed by atoms with Crippen LogP contribution in [0.3, 0.4) is 0 Å². The Morgan fingerprint density at radius 1 is 0.446 bits per heavy atom. The molecule has 0 aromatic heterocycles. The molecule has 9 heteroatoms. The van der Waals surface area contributed by atoms with E-state index < -0.39 is 47.0 Å². The Bertz CT molecular complexity index is 2070. The topological polar surface area (TPSA) is 9.23 Å². The lowest BCUT2D eigenvalue weighted by Crippen LogP contribution is -2.46. The van der Waals surface area contributed by atoms with Gasteiger partial charge in [-0.3, -0.25) is 0 Å². The smallest absolute Gasteiger partial charge is 0.190 e. The van der Waals surface area contributed by atoms with Crippen LogP contribution in [-0.2, 0) is 15.3 Å². The summed E-state index contributed by atoms with van der Waals surface area (Å²) in [5.74, 6) is 2.56. The average molecular weight is 1150 g/mol. The average Bonchev–Trinajstić information content (AvgIpc) is 3.36. The van der Waals surface area contributed by atoms with Crippen LogP contribution in [-0.4, -0.2) is 65.6 Å². The van der Waals surface area contributed by atoms with Gasteiger partial charge in [-0.15, -0.1) is 0 Å². The normalized spacial score (nSPS) is 16.0. The maximum Gasteiger partial charge on any atom is 0.190 e. The molecule has 0 spiro atoms. The zero-order chi connectivity index (χ0) is 55.9. The van der Waals surface area contributed by atoms with Gasteiger partial charge in [0.15, 0.2) is 8.32 Å². The van der Waals surface area contributed by atoms with Crippen molar-refractivity contribution in [1.29, 1.82) is 0 Å². The maximum atomic E-state index is 7.06. The minimum Gasteiger partial charge on any atom is -0.420 e. The third-order valence-electron chi connectivity index (χ3n) is 20.5. The largest absolute Gasteiger partial charge is 0.420 e. The molecule has 0 heterocycles. The summed E-state index contributed by atoms with van der Waals surface area (Å²) >= 11 is 4.67. The Balaban J connectivity index is 2.46. The van der Waals surface area contributed by atoms with Crippen LogP contribution in [0.25, 0.3) is 0 Å². The van der Waals surface area contributed by atoms with Gasteiger partial charge in [0, 0.05) is 26.0 Å². The fourth-order valence-electron chi connectivity index (χ4n) is 12.2. The highest BCUT2D eigenvalue weighted by Crippen LogP contribution is 2.51. The summed E-state index contributed by atoms with van der Waals surface area (Å²) in [5, 5.41) is 4.12. The molecule has 0 aliphatic carbocycles. The first-order chi connectivity index (χ1) is 34.4. The van der Waals surface area contributed by atoms with E-state index in [2.05, 4.69) is 245 Å². The van der Waals surface area contributed by atoms with Gasteiger partial charge in [0.05, 0.1) is 16.1 Å². The molecule has 0 saturated carbocycles. The first kappa shape index (κ1) is 67.9. The van der Waals surface area contributed by atoms with E-state index in [0.29, 0.717) is 10.1 Å². The van der Waals surface area contributed by atoms with Crippen LogP contribution in [0.1, 0.15) is 176 Å². The second-order valence-electron chi connectivity index (χ2n) is 28.0. The third-order valence-corrected chi connectivity index (χ3v) is 56.9. The molecule has 1 nitrogen and oxygen atoms in total. The Labute approximate surface area is 476 Å². The van der Waals surface area contributed by atoms with Gasteiger partial charge in [0.2, 0.25) is 0 Å². The molecule has 3 aromatic carbocycles. The molecular weight excluding hydrogens is 1030 g/mol. The van der Waals surface area contributed by atoms with Crippen LogP contribution in [0.2, 0.25) is 117 Å². The summed E-state index contributed by atoms with van der Waals surface area (Å²) in [7, 11) is -7.82. The van der Waals surface area contributed by atoms with Crippen LogP contribution >= 0.6 is 22.4 Å². The van der Waals surface area contributed by atoms with E-state index in [1.54, 1.807) is 32.6 Å². The Morgan fingerprint density at radius 2 is 0.851 bits per heavy atom. The standard InChI is InChI=1S/C65H120OS2Si6/c1-23-30-32-47-64(56-41-45-61(46-42-56)74(27-5,28-6)29-7,54-69(15,16)51-35-49-67-70(17,18)62(8,9)10)58-37-34-38-59(53-58)65(48-33-31-24-2,57-39-43-60(44-40-57)72(21,25-3)26-4)55-73(22,66-14)52-36-50-68-71(19,20)63(11,12)13/h34,37-46,53H,23-33,35-36,47-52,54-55H2,1-22H3. The summed E-state index contributed by atoms with van der Waals surface area (Å²) < 4.78 is 7.06. The highest BCUT2D eigenvalue weighted by atomic mass is 32.4. The van der Waals surface area contributed by atoms with E-state index in [0.717, 1.165) is 6.04 Å². The van der Waals surface area contributed by atoms with Gasteiger partial charge in [0.1, 0.15) is 14.4 Å². The molecule has 422 valence electrons. The van der Waals surface area contributed by atoms with E-state index in [4.69, 9.17) is 4.43 Å². The summed E-state index contributed by atoms with van der Waals surface area (Å²) in [6, 6.07) is 43.4. The van der Waals surface area contributed by atoms with Crippen molar-refractivity contribution in [3.05, 3.63) is 95.1 Å². The molecule has 0 aliphatic heterocycles. The van der Waals surface area contributed by atoms with Crippen molar-refractivity contribution in [3.8, 4) is 0 Å². The van der Waals surface area contributed by atoms with Gasteiger partial charge >= 0.3 is 0 Å². The molecule has 0 aliphatic rings. The van der Waals surface area contributed by atoms with Crippen molar-refractivity contribution in [2.75, 3.05) is 18.6 Å². The molecule has 3 aromatic rings. The van der Waals surface area contributed by atoms with E-state index in [1.807, 2.05) is 0 Å². The number of rotatable bonds is 34. The molecule has 3 rings (SSSR count). The Kier molecular flexibility index (Phi) is 26.5. The number of hydrogen-bond acceptors (Lipinski definition) is 3. The first-order valence-corrected chi connectivity index (χ1v) is 51.8. The molecule has 3 unspecified atom stereocenters. The summed E-state index contributed by atoms with van der Waals surface area (Å²) in [6.07, 6.45) is 12.5. The Hall–Kier alpha value is -0.379. The van der Waals surface area contributed by atoms with Crippen molar-refractivity contribution in [2.45, 2.75) is 282 Å². The lowest BCUT2D eigenvalue weighted by Gasteiger charge is -2.44. The molecule has 0 radical (unpaired) electrons. The van der Waals surface area contributed by atoms with Gasteiger partial charge in [-0.1, -0.05) is 294 Å². The first-order valence-electron chi connectivity index (χ1n) is 30.6. The van der Waals surface area contributed by atoms with Crippen LogP contribution in [0.4, 0.5) is 0 Å². The van der Waals surface area contributed by atoms with Crippen LogP contribution < -0.4 is 10.4 Å². The third kappa shape index (κ3) is 17.3. The van der Waals surface area contributed by atoms with Gasteiger partial charge in [-0.25, -0.2) is 0 Å². The van der Waals surface area contributed by atoms with E-state index in [1.165, 1.54) is 124 Å². The molecule has 74 heavy (non-hydrogen) atoms. The highest BCUT2D eigenvalue weighted by molar-refractivity contribution is 8.29. The van der Waals surface area contributed by atoms with Gasteiger partial charge in [-0.05, 0) is 94.2 Å². The Morgan fingerprint density at radius 3 is 1.23 bits per heavy atom. The second kappa shape index (κ2) is 28.9. The van der Waals surface area contributed by atoms with Crippen molar-refractivity contribution >= 4 is 79.8 Å². The van der Waals surface area contributed by atoms with E-state index in [9.17, 15) is 0 Å². The second-order valence-corrected chi connectivity index (χ2v) is 66.0.